The molecule has 0 saturated heterocycles. The monoisotopic (exact) mass is 351 g/mol. The maximum absolute atomic E-state index is 12.1. The van der Waals surface area contributed by atoms with Crippen molar-refractivity contribution in [3.05, 3.63) is 60.2 Å². The van der Waals surface area contributed by atoms with Crippen LogP contribution in [0.3, 0.4) is 0 Å². The topological polar surface area (TPSA) is 108 Å². The first kappa shape index (κ1) is 18.7. The molecule has 0 heterocycles. The Morgan fingerprint density at radius 1 is 1.00 bits per heavy atom. The molecule has 26 heavy (non-hydrogen) atoms. The highest BCUT2D eigenvalue weighted by molar-refractivity contribution is 5.97. The standard InChI is InChI=1S/C19H17N3O4/c1-13(18(24)22-15-5-3-2-4-6-15)26-19(25)14-7-9-16(10-8-14)21-17(23)11-12-20/h2-10,13H,11H2,1H3,(H,21,23)(H,22,24)/t13-/m1/s1. The van der Waals surface area contributed by atoms with Gasteiger partial charge in [0.1, 0.15) is 6.42 Å². The molecule has 2 rings (SSSR count). The van der Waals surface area contributed by atoms with Gasteiger partial charge in [0.05, 0.1) is 11.6 Å². The summed E-state index contributed by atoms with van der Waals surface area (Å²) in [6.45, 7) is 1.48. The number of ether oxygens (including phenoxy) is 1. The van der Waals surface area contributed by atoms with Crippen molar-refractivity contribution in [2.75, 3.05) is 10.6 Å². The summed E-state index contributed by atoms with van der Waals surface area (Å²) in [7, 11) is 0. The van der Waals surface area contributed by atoms with Crippen LogP contribution in [0.4, 0.5) is 11.4 Å². The van der Waals surface area contributed by atoms with Crippen molar-refractivity contribution >= 4 is 29.2 Å². The highest BCUT2D eigenvalue weighted by atomic mass is 16.5. The molecular weight excluding hydrogens is 334 g/mol. The van der Waals surface area contributed by atoms with E-state index in [1.165, 1.54) is 31.2 Å². The molecule has 2 N–H and O–H groups in total. The van der Waals surface area contributed by atoms with Crippen LogP contribution in [0.5, 0.6) is 0 Å². The quantitative estimate of drug-likeness (QED) is 0.778. The molecule has 0 fully saturated rings. The van der Waals surface area contributed by atoms with Crippen molar-refractivity contribution in [3.8, 4) is 6.07 Å². The van der Waals surface area contributed by atoms with Crippen molar-refractivity contribution in [2.45, 2.75) is 19.4 Å². The number of benzene rings is 2. The second-order valence-electron chi connectivity index (χ2n) is 5.36. The van der Waals surface area contributed by atoms with E-state index in [9.17, 15) is 14.4 Å². The molecule has 0 radical (unpaired) electrons. The van der Waals surface area contributed by atoms with E-state index < -0.39 is 23.9 Å². The molecule has 0 unspecified atom stereocenters. The normalized spacial score (nSPS) is 10.9. The summed E-state index contributed by atoms with van der Waals surface area (Å²) in [5.74, 6) is -1.53. The molecular formula is C19H17N3O4. The minimum atomic E-state index is -0.974. The lowest BCUT2D eigenvalue weighted by atomic mass is 10.2. The van der Waals surface area contributed by atoms with E-state index in [4.69, 9.17) is 10.00 Å². The fourth-order valence-electron chi connectivity index (χ4n) is 2.01. The molecule has 2 aromatic rings. The number of nitrogens with one attached hydrogen (secondary N) is 2. The highest BCUT2D eigenvalue weighted by Crippen LogP contribution is 2.12. The number of nitrogens with zero attached hydrogens (tertiary/aromatic N) is 1. The molecule has 7 heteroatoms. The number of rotatable bonds is 6. The summed E-state index contributed by atoms with van der Waals surface area (Å²) >= 11 is 0. The zero-order valence-corrected chi connectivity index (χ0v) is 14.1. The van der Waals surface area contributed by atoms with E-state index in [0.717, 1.165) is 0 Å². The Labute approximate surface area is 150 Å². The Kier molecular flexibility index (Phi) is 6.46. The lowest BCUT2D eigenvalue weighted by Crippen LogP contribution is -2.30. The van der Waals surface area contributed by atoms with Gasteiger partial charge in [-0.3, -0.25) is 9.59 Å². The van der Waals surface area contributed by atoms with Crippen LogP contribution in [0.25, 0.3) is 0 Å². The zero-order valence-electron chi connectivity index (χ0n) is 14.1. The number of hydrogen-bond acceptors (Lipinski definition) is 5. The van der Waals surface area contributed by atoms with Crippen molar-refractivity contribution in [1.82, 2.24) is 0 Å². The molecule has 7 nitrogen and oxygen atoms in total. The largest absolute Gasteiger partial charge is 0.449 e. The Morgan fingerprint density at radius 3 is 2.23 bits per heavy atom. The molecule has 0 bridgehead atoms. The van der Waals surface area contributed by atoms with Gasteiger partial charge in [0.2, 0.25) is 5.91 Å². The number of amides is 2. The van der Waals surface area contributed by atoms with Gasteiger partial charge in [-0.15, -0.1) is 0 Å². The van der Waals surface area contributed by atoms with Gasteiger partial charge in [-0.2, -0.15) is 5.26 Å². The number of anilines is 2. The van der Waals surface area contributed by atoms with Crippen LogP contribution < -0.4 is 10.6 Å². The summed E-state index contributed by atoms with van der Waals surface area (Å²) in [6, 6.07) is 16.5. The maximum Gasteiger partial charge on any atom is 0.338 e. The van der Waals surface area contributed by atoms with Gasteiger partial charge in [-0.1, -0.05) is 18.2 Å². The first-order valence-electron chi connectivity index (χ1n) is 7.83. The second-order valence-corrected chi connectivity index (χ2v) is 5.36. The van der Waals surface area contributed by atoms with Crippen LogP contribution >= 0.6 is 0 Å². The summed E-state index contributed by atoms with van der Waals surface area (Å²) in [5.41, 5.74) is 1.30. The summed E-state index contributed by atoms with van der Waals surface area (Å²) < 4.78 is 5.15. The molecule has 0 saturated carbocycles. The first-order chi connectivity index (χ1) is 12.5. The maximum atomic E-state index is 12.1. The number of hydrogen-bond donors (Lipinski definition) is 2. The number of nitriles is 1. The predicted octanol–water partition coefficient (Wildman–Crippen LogP) is 2.72. The van der Waals surface area contributed by atoms with Crippen molar-refractivity contribution in [1.29, 1.82) is 5.26 Å². The lowest BCUT2D eigenvalue weighted by molar-refractivity contribution is -0.123. The van der Waals surface area contributed by atoms with Crippen molar-refractivity contribution in [2.24, 2.45) is 0 Å². The summed E-state index contributed by atoms with van der Waals surface area (Å²) in [4.78, 5) is 35.5. The van der Waals surface area contributed by atoms with Gasteiger partial charge in [-0.25, -0.2) is 4.79 Å². The third-order valence-corrected chi connectivity index (χ3v) is 3.34. The average molecular weight is 351 g/mol. The zero-order chi connectivity index (χ0) is 18.9. The molecule has 0 aromatic heterocycles. The fraction of sp³-hybridized carbons (Fsp3) is 0.158. The molecule has 0 aliphatic carbocycles. The number of carbonyl (C=O) groups is 3. The van der Waals surface area contributed by atoms with E-state index in [0.29, 0.717) is 11.4 Å². The SMILES string of the molecule is C[C@@H](OC(=O)c1ccc(NC(=O)CC#N)cc1)C(=O)Nc1ccccc1. The van der Waals surface area contributed by atoms with Crippen LogP contribution in [-0.4, -0.2) is 23.9 Å². The summed E-state index contributed by atoms with van der Waals surface area (Å²) in [5, 5.41) is 13.6. The fourth-order valence-corrected chi connectivity index (χ4v) is 2.01. The molecule has 0 aliphatic rings. The Morgan fingerprint density at radius 2 is 1.62 bits per heavy atom. The van der Waals surface area contributed by atoms with Crippen LogP contribution in [0.15, 0.2) is 54.6 Å². The Hall–Kier alpha value is -3.66. The molecule has 132 valence electrons. The van der Waals surface area contributed by atoms with Gasteiger partial charge in [0, 0.05) is 11.4 Å². The van der Waals surface area contributed by atoms with E-state index in [1.807, 2.05) is 6.07 Å². The van der Waals surface area contributed by atoms with E-state index in [1.54, 1.807) is 30.3 Å². The molecule has 0 aliphatic heterocycles. The van der Waals surface area contributed by atoms with E-state index in [2.05, 4.69) is 10.6 Å². The van der Waals surface area contributed by atoms with Gasteiger partial charge >= 0.3 is 5.97 Å². The van der Waals surface area contributed by atoms with Gasteiger partial charge in [0.25, 0.3) is 5.91 Å². The van der Waals surface area contributed by atoms with Crippen molar-refractivity contribution in [3.63, 3.8) is 0 Å². The second kappa shape index (κ2) is 8.99. The first-order valence-corrected chi connectivity index (χ1v) is 7.83. The summed E-state index contributed by atoms with van der Waals surface area (Å²) in [6.07, 6.45) is -1.23. The van der Waals surface area contributed by atoms with Crippen LogP contribution in [-0.2, 0) is 14.3 Å². The van der Waals surface area contributed by atoms with Crippen molar-refractivity contribution < 1.29 is 19.1 Å². The predicted molar refractivity (Wildman–Crippen MR) is 95.3 cm³/mol. The van der Waals surface area contributed by atoms with Crippen LogP contribution in [0.1, 0.15) is 23.7 Å². The van der Waals surface area contributed by atoms with Crippen LogP contribution in [0, 0.1) is 11.3 Å². The third kappa shape index (κ3) is 5.46. The number of para-hydroxylation sites is 1. The average Bonchev–Trinajstić information content (AvgIpc) is 2.63. The molecule has 0 spiro atoms. The Bertz CT molecular complexity index is 826. The lowest BCUT2D eigenvalue weighted by Gasteiger charge is -2.13. The van der Waals surface area contributed by atoms with E-state index in [-0.39, 0.29) is 12.0 Å². The Balaban J connectivity index is 1.91. The van der Waals surface area contributed by atoms with E-state index >= 15 is 0 Å². The third-order valence-electron chi connectivity index (χ3n) is 3.34. The van der Waals surface area contributed by atoms with Gasteiger partial charge in [-0.05, 0) is 43.3 Å². The van der Waals surface area contributed by atoms with Gasteiger partial charge < -0.3 is 15.4 Å². The molecule has 2 aromatic carbocycles. The molecule has 1 atom stereocenters. The number of esters is 1. The number of carbonyl (C=O) groups excluding carboxylic acids is 3. The minimum Gasteiger partial charge on any atom is -0.449 e. The van der Waals surface area contributed by atoms with Gasteiger partial charge in [0.15, 0.2) is 6.10 Å². The smallest absolute Gasteiger partial charge is 0.338 e. The minimum absolute atomic E-state index is 0.239. The van der Waals surface area contributed by atoms with Crippen LogP contribution in [0.2, 0.25) is 0 Å². The highest BCUT2D eigenvalue weighted by Gasteiger charge is 2.19. The molecule has 2 amide bonds.